The van der Waals surface area contributed by atoms with E-state index in [-0.39, 0.29) is 37.2 Å². The van der Waals surface area contributed by atoms with Gasteiger partial charge in [0.05, 0.1) is 0 Å². The molecule has 0 aliphatic carbocycles. The van der Waals surface area contributed by atoms with Crippen molar-refractivity contribution in [1.82, 2.24) is 0 Å². The Morgan fingerprint density at radius 1 is 1.22 bits per heavy atom. The first-order chi connectivity index (χ1) is 2.89. The van der Waals surface area contributed by atoms with Crippen molar-refractivity contribution < 1.29 is 61.9 Å². The zero-order valence-electron chi connectivity index (χ0n) is 4.37. The van der Waals surface area contributed by atoms with Gasteiger partial charge in [-0.3, -0.25) is 0 Å². The van der Waals surface area contributed by atoms with Crippen LogP contribution in [-0.4, -0.2) is 15.8 Å². The third-order valence-corrected chi connectivity index (χ3v) is 4.61. The van der Waals surface area contributed by atoms with Crippen LogP contribution in [0.5, 0.6) is 0 Å². The molecule has 0 saturated heterocycles. The molecule has 1 unspecified atom stereocenters. The summed E-state index contributed by atoms with van der Waals surface area (Å²) in [7, 11) is 0. The quantitative estimate of drug-likeness (QED) is 0.388. The van der Waals surface area contributed by atoms with E-state index in [1.165, 1.54) is 0 Å². The van der Waals surface area contributed by atoms with Gasteiger partial charge in [-0.25, -0.2) is 0 Å². The molecular formula is C4H4AsCl3Zr. The molecule has 1 atom stereocenters. The van der Waals surface area contributed by atoms with Crippen molar-refractivity contribution in [3.8, 4) is 0 Å². The third-order valence-electron chi connectivity index (χ3n) is 0.598. The molecule has 1 aliphatic heterocycles. The number of halogens is 3. The summed E-state index contributed by atoms with van der Waals surface area (Å²) >= 11 is 1.91. The molecule has 1 heterocycles. The molecule has 1 aliphatic rings. The van der Waals surface area contributed by atoms with Crippen LogP contribution in [0.25, 0.3) is 0 Å². The molecule has 0 N–H and O–H groups in total. The van der Waals surface area contributed by atoms with Crippen LogP contribution in [0, 0.1) is 0 Å². The Kier molecular flexibility index (Phi) is 18.5. The maximum absolute atomic E-state index is 2.31. The second-order valence-corrected chi connectivity index (χ2v) is 7.42. The second kappa shape index (κ2) is 9.79. The summed E-state index contributed by atoms with van der Waals surface area (Å²) in [6.07, 6.45) is 4.41. The number of hydrogen-bond acceptors (Lipinski definition) is 0. The Balaban J connectivity index is -0.000000120. The molecule has 0 bridgehead atoms. The van der Waals surface area contributed by atoms with Crippen LogP contribution >= 0.6 is 0 Å². The maximum atomic E-state index is 2.31. The van der Waals surface area contributed by atoms with Gasteiger partial charge in [0.15, 0.2) is 0 Å². The molecular weight excluding hydrogens is 321 g/mol. The van der Waals surface area contributed by atoms with Crippen molar-refractivity contribution in [2.75, 3.05) is 0 Å². The average Bonchev–Trinajstić information content (AvgIpc) is 1.86. The predicted octanol–water partition coefficient (Wildman–Crippen LogP) is -8.65. The van der Waals surface area contributed by atoms with Crippen molar-refractivity contribution in [3.63, 3.8) is 0 Å². The van der Waals surface area contributed by atoms with E-state index in [4.69, 9.17) is 0 Å². The van der Waals surface area contributed by atoms with Crippen molar-refractivity contribution in [3.05, 3.63) is 19.1 Å². The molecule has 0 amide bonds. The summed E-state index contributed by atoms with van der Waals surface area (Å²) < 4.78 is 1.68. The van der Waals surface area contributed by atoms with Crippen LogP contribution < -0.4 is 37.2 Å². The van der Waals surface area contributed by atoms with Crippen LogP contribution in [0.1, 0.15) is 0 Å². The van der Waals surface area contributed by atoms with Gasteiger partial charge in [-0.05, 0) is 0 Å². The topological polar surface area (TPSA) is 0 Å². The van der Waals surface area contributed by atoms with Gasteiger partial charge in [0.2, 0.25) is 0 Å². The number of allylic oxidation sites excluding steroid dienone is 2. The summed E-state index contributed by atoms with van der Waals surface area (Å²) in [5.41, 5.74) is 0. The monoisotopic (exact) mass is 322 g/mol. The van der Waals surface area contributed by atoms with E-state index in [1.807, 2.05) is 0 Å². The van der Waals surface area contributed by atoms with E-state index in [1.54, 1.807) is 26.8 Å². The van der Waals surface area contributed by atoms with Crippen LogP contribution in [0.3, 0.4) is 0 Å². The summed E-state index contributed by atoms with van der Waals surface area (Å²) in [4.78, 5) is 2.31. The molecule has 0 fully saturated rings. The van der Waals surface area contributed by atoms with E-state index in [2.05, 4.69) is 17.0 Å². The summed E-state index contributed by atoms with van der Waals surface area (Å²) in [5.74, 6) is 0. The van der Waals surface area contributed by atoms with Crippen molar-refractivity contribution >= 4 is 15.8 Å². The van der Waals surface area contributed by atoms with Crippen molar-refractivity contribution in [2.24, 2.45) is 0 Å². The third kappa shape index (κ3) is 7.69. The van der Waals surface area contributed by atoms with Crippen molar-refractivity contribution in [2.45, 2.75) is 0 Å². The van der Waals surface area contributed by atoms with Gasteiger partial charge in [0.1, 0.15) is 0 Å². The van der Waals surface area contributed by atoms with E-state index in [0.717, 1.165) is 0 Å². The first-order valence-electron chi connectivity index (χ1n) is 1.74. The zero-order valence-corrected chi connectivity index (χ0v) is 11.2. The molecule has 0 nitrogen and oxygen atoms in total. The van der Waals surface area contributed by atoms with E-state index < -0.39 is 0 Å². The molecule has 0 aromatic rings. The number of rotatable bonds is 0. The fourth-order valence-corrected chi connectivity index (χ4v) is 2.82. The van der Waals surface area contributed by atoms with Gasteiger partial charge in [-0.2, -0.15) is 0 Å². The molecule has 9 heavy (non-hydrogen) atoms. The van der Waals surface area contributed by atoms with Gasteiger partial charge < -0.3 is 37.2 Å². The Bertz CT molecular complexity index is 112. The summed E-state index contributed by atoms with van der Waals surface area (Å²) in [6.45, 7) is 0. The molecule has 0 saturated carbocycles. The molecule has 0 aromatic carbocycles. The average molecular weight is 325 g/mol. The van der Waals surface area contributed by atoms with Gasteiger partial charge in [0, 0.05) is 0 Å². The molecule has 5 heteroatoms. The van der Waals surface area contributed by atoms with Crippen LogP contribution in [0.15, 0.2) is 19.1 Å². The summed E-state index contributed by atoms with van der Waals surface area (Å²) in [5, 5.41) is 0. The van der Waals surface area contributed by atoms with Gasteiger partial charge >= 0.3 is 59.6 Å². The first-order valence-corrected chi connectivity index (χ1v) is 5.23. The normalized spacial score (nSPS) is 15.1. The minimum absolute atomic E-state index is 0. The van der Waals surface area contributed by atoms with Gasteiger partial charge in [0.25, 0.3) is 0 Å². The SMILES string of the molecule is [Cl-].[Cl-].[Cl-].[Zr+3][C]1=CC=C[AsH]1. The Labute approximate surface area is 95.7 Å². The molecule has 50 valence electrons. The predicted molar refractivity (Wildman–Crippen MR) is 24.4 cm³/mol. The number of hydrogen-bond donors (Lipinski definition) is 0. The fraction of sp³-hybridized carbons (Fsp3) is 0. The minimum atomic E-state index is 0. The van der Waals surface area contributed by atoms with Crippen LogP contribution in [0.2, 0.25) is 0 Å². The Morgan fingerprint density at radius 2 is 1.78 bits per heavy atom. The molecule has 0 aromatic heterocycles. The molecule has 0 radical (unpaired) electrons. The van der Waals surface area contributed by atoms with Gasteiger partial charge in [-0.15, -0.1) is 0 Å². The van der Waals surface area contributed by atoms with E-state index in [0.29, 0.717) is 15.8 Å². The van der Waals surface area contributed by atoms with Crippen molar-refractivity contribution in [1.29, 1.82) is 0 Å². The molecule has 0 spiro atoms. The van der Waals surface area contributed by atoms with E-state index in [9.17, 15) is 0 Å². The van der Waals surface area contributed by atoms with E-state index >= 15 is 0 Å². The first kappa shape index (κ1) is 17.0. The second-order valence-electron chi connectivity index (χ2n) is 1.08. The van der Waals surface area contributed by atoms with Gasteiger partial charge in [-0.1, -0.05) is 0 Å². The standard InChI is InChI=1S/C4H4As.3ClH.Zr/c1-2-4-5-3-1;;;;/h1-3,5H;3*1H;/q;;;;+3/p-3. The van der Waals surface area contributed by atoms with Crippen LogP contribution in [0.4, 0.5) is 0 Å². The summed E-state index contributed by atoms with van der Waals surface area (Å²) in [6, 6.07) is 0. The molecule has 1 rings (SSSR count). The Hall–Kier alpha value is 1.79. The van der Waals surface area contributed by atoms with Crippen LogP contribution in [-0.2, 0) is 24.7 Å². The zero-order chi connectivity index (χ0) is 4.41. The Morgan fingerprint density at radius 3 is 1.89 bits per heavy atom. The fourth-order valence-electron chi connectivity index (χ4n) is 0.330.